The summed E-state index contributed by atoms with van der Waals surface area (Å²) in [6, 6.07) is 8.55. The summed E-state index contributed by atoms with van der Waals surface area (Å²) in [5.74, 6) is -0.393. The van der Waals surface area contributed by atoms with Crippen molar-refractivity contribution in [3.8, 4) is 16.5 Å². The number of fused-ring (bicyclic) bond motifs is 1. The van der Waals surface area contributed by atoms with Crippen LogP contribution in [0.15, 0.2) is 36.5 Å². The van der Waals surface area contributed by atoms with Crippen LogP contribution in [0, 0.1) is 0 Å². The Labute approximate surface area is 118 Å². The summed E-state index contributed by atoms with van der Waals surface area (Å²) in [6.07, 6.45) is 1.69. The first-order valence-corrected chi connectivity index (χ1v) is 6.63. The molecular weight excluding hydrogens is 276 g/mol. The molecule has 3 aromatic rings. The molecule has 0 aliphatic rings. The van der Waals surface area contributed by atoms with E-state index in [2.05, 4.69) is 9.97 Å². The number of carbonyl (C=O) groups is 1. The van der Waals surface area contributed by atoms with Gasteiger partial charge in [0.15, 0.2) is 0 Å². The molecular formula is C14H10N2O3S. The number of benzene rings is 1. The molecule has 2 heterocycles. The summed E-state index contributed by atoms with van der Waals surface area (Å²) < 4.78 is 5.86. The van der Waals surface area contributed by atoms with Crippen LogP contribution < -0.4 is 4.74 Å². The standard InChI is InChI=1S/C14H10N2O3S/c1-19-12-5-3-9(7-15-12)13-16-10-4-2-8(14(17)18)6-11(10)20-13/h2-7H,1H3,(H,17,18). The molecule has 0 amide bonds. The lowest BCUT2D eigenvalue weighted by Crippen LogP contribution is -1.94. The maximum Gasteiger partial charge on any atom is 0.335 e. The number of hydrogen-bond donors (Lipinski definition) is 1. The zero-order valence-electron chi connectivity index (χ0n) is 10.5. The van der Waals surface area contributed by atoms with E-state index in [0.717, 1.165) is 20.8 Å². The number of thiazole rings is 1. The highest BCUT2D eigenvalue weighted by Crippen LogP contribution is 2.30. The zero-order valence-corrected chi connectivity index (χ0v) is 11.3. The van der Waals surface area contributed by atoms with Gasteiger partial charge in [-0.2, -0.15) is 0 Å². The van der Waals surface area contributed by atoms with Crippen molar-refractivity contribution in [2.75, 3.05) is 7.11 Å². The predicted octanol–water partition coefficient (Wildman–Crippen LogP) is 3.07. The fourth-order valence-corrected chi connectivity index (χ4v) is 2.80. The average molecular weight is 286 g/mol. The second-order valence-electron chi connectivity index (χ2n) is 4.10. The van der Waals surface area contributed by atoms with E-state index in [1.807, 2.05) is 6.07 Å². The number of ether oxygens (including phenoxy) is 1. The summed E-state index contributed by atoms with van der Waals surface area (Å²) in [5.41, 5.74) is 1.93. The van der Waals surface area contributed by atoms with Crippen molar-refractivity contribution in [1.29, 1.82) is 0 Å². The highest BCUT2D eigenvalue weighted by molar-refractivity contribution is 7.21. The summed E-state index contributed by atoms with van der Waals surface area (Å²) in [4.78, 5) is 19.6. The number of hydrogen-bond acceptors (Lipinski definition) is 5. The van der Waals surface area contributed by atoms with Gasteiger partial charge in [-0.25, -0.2) is 14.8 Å². The third-order valence-corrected chi connectivity index (χ3v) is 3.90. The number of carboxylic acids is 1. The van der Waals surface area contributed by atoms with Gasteiger partial charge in [-0.15, -0.1) is 11.3 Å². The number of pyridine rings is 1. The van der Waals surface area contributed by atoms with Gasteiger partial charge in [-0.05, 0) is 24.3 Å². The van der Waals surface area contributed by atoms with E-state index in [0.29, 0.717) is 5.88 Å². The molecule has 3 rings (SSSR count). The Morgan fingerprint density at radius 1 is 1.30 bits per heavy atom. The predicted molar refractivity (Wildman–Crippen MR) is 76.4 cm³/mol. The number of carboxylic acid groups (broad SMARTS) is 1. The van der Waals surface area contributed by atoms with E-state index in [-0.39, 0.29) is 5.56 Å². The molecule has 0 atom stereocenters. The van der Waals surface area contributed by atoms with Crippen LogP contribution in [0.3, 0.4) is 0 Å². The molecule has 1 N–H and O–H groups in total. The molecule has 0 aliphatic heterocycles. The second kappa shape index (κ2) is 4.90. The SMILES string of the molecule is COc1ccc(-c2nc3ccc(C(=O)O)cc3s2)cn1. The smallest absolute Gasteiger partial charge is 0.335 e. The Morgan fingerprint density at radius 3 is 2.80 bits per heavy atom. The summed E-state index contributed by atoms with van der Waals surface area (Å²) in [7, 11) is 1.56. The van der Waals surface area contributed by atoms with Gasteiger partial charge in [0.05, 0.1) is 22.9 Å². The first-order valence-electron chi connectivity index (χ1n) is 5.81. The highest BCUT2D eigenvalue weighted by Gasteiger charge is 2.10. The van der Waals surface area contributed by atoms with Crippen molar-refractivity contribution < 1.29 is 14.6 Å². The minimum atomic E-state index is -0.937. The molecule has 0 bridgehead atoms. The van der Waals surface area contributed by atoms with Crippen molar-refractivity contribution in [3.63, 3.8) is 0 Å². The first kappa shape index (κ1) is 12.6. The van der Waals surface area contributed by atoms with Crippen LogP contribution in [0.5, 0.6) is 5.88 Å². The Balaban J connectivity index is 2.05. The van der Waals surface area contributed by atoms with Crippen LogP contribution in [0.2, 0.25) is 0 Å². The summed E-state index contributed by atoms with van der Waals surface area (Å²) in [5, 5.41) is 9.79. The monoisotopic (exact) mass is 286 g/mol. The Morgan fingerprint density at radius 2 is 2.15 bits per heavy atom. The van der Waals surface area contributed by atoms with E-state index in [1.165, 1.54) is 11.3 Å². The molecule has 100 valence electrons. The maximum absolute atomic E-state index is 11.0. The van der Waals surface area contributed by atoms with Crippen LogP contribution in [-0.4, -0.2) is 28.2 Å². The van der Waals surface area contributed by atoms with Gasteiger partial charge in [-0.3, -0.25) is 0 Å². The van der Waals surface area contributed by atoms with E-state index in [1.54, 1.807) is 37.6 Å². The molecule has 0 fully saturated rings. The molecule has 0 aliphatic carbocycles. The Kier molecular flexibility index (Phi) is 3.08. The number of methoxy groups -OCH3 is 1. The van der Waals surface area contributed by atoms with E-state index in [9.17, 15) is 4.79 Å². The molecule has 20 heavy (non-hydrogen) atoms. The minimum Gasteiger partial charge on any atom is -0.481 e. The van der Waals surface area contributed by atoms with Gasteiger partial charge < -0.3 is 9.84 Å². The number of rotatable bonds is 3. The van der Waals surface area contributed by atoms with Crippen molar-refractivity contribution in [2.24, 2.45) is 0 Å². The minimum absolute atomic E-state index is 0.264. The van der Waals surface area contributed by atoms with Crippen LogP contribution in [0.1, 0.15) is 10.4 Å². The van der Waals surface area contributed by atoms with Gasteiger partial charge in [0.25, 0.3) is 0 Å². The van der Waals surface area contributed by atoms with Gasteiger partial charge in [0.2, 0.25) is 5.88 Å². The van der Waals surface area contributed by atoms with Crippen LogP contribution in [-0.2, 0) is 0 Å². The van der Waals surface area contributed by atoms with E-state index < -0.39 is 5.97 Å². The maximum atomic E-state index is 11.0. The fraction of sp³-hybridized carbons (Fsp3) is 0.0714. The van der Waals surface area contributed by atoms with Crippen LogP contribution >= 0.6 is 11.3 Å². The summed E-state index contributed by atoms with van der Waals surface area (Å²) >= 11 is 1.44. The molecule has 2 aromatic heterocycles. The van der Waals surface area contributed by atoms with Gasteiger partial charge >= 0.3 is 5.97 Å². The third kappa shape index (κ3) is 2.21. The molecule has 5 nitrogen and oxygen atoms in total. The molecule has 1 aromatic carbocycles. The van der Waals surface area contributed by atoms with E-state index >= 15 is 0 Å². The number of aromatic nitrogens is 2. The molecule has 0 spiro atoms. The first-order chi connectivity index (χ1) is 9.67. The normalized spacial score (nSPS) is 10.7. The zero-order chi connectivity index (χ0) is 14.1. The molecule has 0 radical (unpaired) electrons. The average Bonchev–Trinajstić information content (AvgIpc) is 2.90. The van der Waals surface area contributed by atoms with Crippen molar-refractivity contribution in [2.45, 2.75) is 0 Å². The van der Waals surface area contributed by atoms with Crippen molar-refractivity contribution >= 4 is 27.5 Å². The number of nitrogens with zero attached hydrogens (tertiary/aromatic N) is 2. The lowest BCUT2D eigenvalue weighted by atomic mass is 10.2. The second-order valence-corrected chi connectivity index (χ2v) is 5.13. The Hall–Kier alpha value is -2.47. The highest BCUT2D eigenvalue weighted by atomic mass is 32.1. The molecule has 0 saturated carbocycles. The third-order valence-electron chi connectivity index (χ3n) is 2.83. The van der Waals surface area contributed by atoms with Gasteiger partial charge in [0, 0.05) is 17.8 Å². The Bertz CT molecular complexity index is 781. The largest absolute Gasteiger partial charge is 0.481 e. The lowest BCUT2D eigenvalue weighted by molar-refractivity contribution is 0.0697. The van der Waals surface area contributed by atoms with Crippen LogP contribution in [0.4, 0.5) is 0 Å². The quantitative estimate of drug-likeness (QED) is 0.801. The summed E-state index contributed by atoms with van der Waals surface area (Å²) in [6.45, 7) is 0. The fourth-order valence-electron chi connectivity index (χ4n) is 1.81. The topological polar surface area (TPSA) is 72.3 Å². The lowest BCUT2D eigenvalue weighted by Gasteiger charge is -1.98. The van der Waals surface area contributed by atoms with Crippen molar-refractivity contribution in [1.82, 2.24) is 9.97 Å². The van der Waals surface area contributed by atoms with Gasteiger partial charge in [-0.1, -0.05) is 0 Å². The van der Waals surface area contributed by atoms with Gasteiger partial charge in [0.1, 0.15) is 5.01 Å². The van der Waals surface area contributed by atoms with E-state index in [4.69, 9.17) is 9.84 Å². The number of aromatic carboxylic acids is 1. The molecule has 0 saturated heterocycles. The molecule has 0 unspecified atom stereocenters. The van der Waals surface area contributed by atoms with Crippen LogP contribution in [0.25, 0.3) is 20.8 Å². The van der Waals surface area contributed by atoms with Crippen molar-refractivity contribution in [3.05, 3.63) is 42.1 Å². The molecule has 6 heteroatoms.